The van der Waals surface area contributed by atoms with Gasteiger partial charge in [0.05, 0.1) is 11.5 Å². The van der Waals surface area contributed by atoms with Crippen molar-refractivity contribution in [3.8, 4) is 17.2 Å². The first-order chi connectivity index (χ1) is 12.7. The molecule has 0 saturated heterocycles. The molecule has 0 radical (unpaired) electrons. The Morgan fingerprint density at radius 2 is 1.58 bits per heavy atom. The predicted octanol–water partition coefficient (Wildman–Crippen LogP) is 4.46. The van der Waals surface area contributed by atoms with E-state index in [1.165, 1.54) is 12.1 Å². The summed E-state index contributed by atoms with van der Waals surface area (Å²) in [4.78, 5) is 10.6. The minimum atomic E-state index is -0.536. The van der Waals surface area contributed by atoms with Crippen molar-refractivity contribution >= 4 is 5.69 Å². The summed E-state index contributed by atoms with van der Waals surface area (Å²) in [6, 6.07) is 21.0. The standard InChI is InChI=1S/C20H17NO5/c22-13-16-6-11-20(19(12-16)21(23)24)26-18-9-7-17(8-10-18)25-14-15-4-2-1-3-5-15/h1-12,22H,13-14H2. The normalized spacial score (nSPS) is 10.3. The Hall–Kier alpha value is -3.38. The maximum atomic E-state index is 11.2. The maximum Gasteiger partial charge on any atom is 0.311 e. The molecule has 0 aromatic heterocycles. The molecule has 1 N–H and O–H groups in total. The van der Waals surface area contributed by atoms with Gasteiger partial charge in [-0.05, 0) is 41.5 Å². The number of aliphatic hydroxyl groups excluding tert-OH is 1. The van der Waals surface area contributed by atoms with Crippen LogP contribution in [0, 0.1) is 10.1 Å². The van der Waals surface area contributed by atoms with E-state index >= 15 is 0 Å². The average molecular weight is 351 g/mol. The van der Waals surface area contributed by atoms with Gasteiger partial charge in [0.15, 0.2) is 0 Å². The van der Waals surface area contributed by atoms with Crippen molar-refractivity contribution < 1.29 is 19.5 Å². The molecule has 0 atom stereocenters. The van der Waals surface area contributed by atoms with Gasteiger partial charge < -0.3 is 14.6 Å². The first-order valence-corrected chi connectivity index (χ1v) is 7.98. The van der Waals surface area contributed by atoms with Crippen LogP contribution in [0.1, 0.15) is 11.1 Å². The minimum absolute atomic E-state index is 0.116. The molecule has 0 unspecified atom stereocenters. The molecule has 0 amide bonds. The second-order valence-corrected chi connectivity index (χ2v) is 5.57. The van der Waals surface area contributed by atoms with Gasteiger partial charge in [-0.1, -0.05) is 36.4 Å². The van der Waals surface area contributed by atoms with Crippen LogP contribution in [-0.4, -0.2) is 10.0 Å². The topological polar surface area (TPSA) is 81.8 Å². The Bertz CT molecular complexity index is 878. The molecule has 0 fully saturated rings. The van der Waals surface area contributed by atoms with E-state index in [9.17, 15) is 10.1 Å². The van der Waals surface area contributed by atoms with Gasteiger partial charge in [-0.2, -0.15) is 0 Å². The van der Waals surface area contributed by atoms with Crippen LogP contribution in [0.15, 0.2) is 72.8 Å². The quantitative estimate of drug-likeness (QED) is 0.502. The number of hydrogen-bond donors (Lipinski definition) is 1. The van der Waals surface area contributed by atoms with Gasteiger partial charge in [0.1, 0.15) is 18.1 Å². The van der Waals surface area contributed by atoms with E-state index in [1.807, 2.05) is 30.3 Å². The largest absolute Gasteiger partial charge is 0.489 e. The molecule has 132 valence electrons. The zero-order chi connectivity index (χ0) is 18.4. The highest BCUT2D eigenvalue weighted by Gasteiger charge is 2.16. The van der Waals surface area contributed by atoms with Gasteiger partial charge in [-0.25, -0.2) is 0 Å². The zero-order valence-electron chi connectivity index (χ0n) is 13.9. The van der Waals surface area contributed by atoms with E-state index < -0.39 is 4.92 Å². The van der Waals surface area contributed by atoms with Gasteiger partial charge in [0.25, 0.3) is 0 Å². The summed E-state index contributed by atoms with van der Waals surface area (Å²) in [7, 11) is 0. The lowest BCUT2D eigenvalue weighted by molar-refractivity contribution is -0.385. The van der Waals surface area contributed by atoms with Crippen molar-refractivity contribution in [1.29, 1.82) is 0 Å². The van der Waals surface area contributed by atoms with E-state index in [1.54, 1.807) is 30.3 Å². The van der Waals surface area contributed by atoms with Crippen molar-refractivity contribution in [3.05, 3.63) is 94.0 Å². The van der Waals surface area contributed by atoms with Crippen molar-refractivity contribution in [2.45, 2.75) is 13.2 Å². The molecule has 0 saturated carbocycles. The number of rotatable bonds is 7. The summed E-state index contributed by atoms with van der Waals surface area (Å²) in [5, 5.41) is 20.3. The SMILES string of the molecule is O=[N+]([O-])c1cc(CO)ccc1Oc1ccc(OCc2ccccc2)cc1. The molecule has 0 aliphatic rings. The molecule has 0 bridgehead atoms. The van der Waals surface area contributed by atoms with Crippen LogP contribution in [0.25, 0.3) is 0 Å². The van der Waals surface area contributed by atoms with Crippen LogP contribution in [0.2, 0.25) is 0 Å². The van der Waals surface area contributed by atoms with E-state index in [2.05, 4.69) is 0 Å². The third-order valence-corrected chi connectivity index (χ3v) is 3.70. The van der Waals surface area contributed by atoms with Crippen molar-refractivity contribution in [2.24, 2.45) is 0 Å². The lowest BCUT2D eigenvalue weighted by atomic mass is 10.2. The van der Waals surface area contributed by atoms with Crippen molar-refractivity contribution in [2.75, 3.05) is 0 Å². The van der Waals surface area contributed by atoms with E-state index in [0.29, 0.717) is 23.7 Å². The fourth-order valence-electron chi connectivity index (χ4n) is 2.36. The van der Waals surface area contributed by atoms with Gasteiger partial charge in [-0.15, -0.1) is 0 Å². The molecule has 26 heavy (non-hydrogen) atoms. The number of nitro benzene ring substituents is 1. The Morgan fingerprint density at radius 1 is 0.885 bits per heavy atom. The smallest absolute Gasteiger partial charge is 0.311 e. The molecule has 6 nitrogen and oxygen atoms in total. The van der Waals surface area contributed by atoms with Crippen LogP contribution in [0.4, 0.5) is 5.69 Å². The molecule has 0 heterocycles. The lowest BCUT2D eigenvalue weighted by Crippen LogP contribution is -1.96. The number of nitrogens with zero attached hydrogens (tertiary/aromatic N) is 1. The Morgan fingerprint density at radius 3 is 2.23 bits per heavy atom. The summed E-state index contributed by atoms with van der Waals surface area (Å²) < 4.78 is 11.3. The van der Waals surface area contributed by atoms with E-state index in [0.717, 1.165) is 5.56 Å². The molecule has 3 aromatic rings. The number of aliphatic hydroxyl groups is 1. The molecule has 0 spiro atoms. The molecular weight excluding hydrogens is 334 g/mol. The first kappa shape index (κ1) is 17.4. The van der Waals surface area contributed by atoms with Crippen LogP contribution in [0.3, 0.4) is 0 Å². The van der Waals surface area contributed by atoms with Crippen LogP contribution in [-0.2, 0) is 13.2 Å². The zero-order valence-corrected chi connectivity index (χ0v) is 13.9. The fourth-order valence-corrected chi connectivity index (χ4v) is 2.36. The lowest BCUT2D eigenvalue weighted by Gasteiger charge is -2.09. The van der Waals surface area contributed by atoms with Gasteiger partial charge in [0, 0.05) is 6.07 Å². The molecule has 0 aliphatic heterocycles. The van der Waals surface area contributed by atoms with Crippen LogP contribution < -0.4 is 9.47 Å². The number of ether oxygens (including phenoxy) is 2. The predicted molar refractivity (Wildman–Crippen MR) is 96.3 cm³/mol. The monoisotopic (exact) mass is 351 g/mol. The second kappa shape index (κ2) is 8.13. The summed E-state index contributed by atoms with van der Waals surface area (Å²) in [5.74, 6) is 1.24. The number of benzene rings is 3. The number of nitro groups is 1. The van der Waals surface area contributed by atoms with E-state index in [4.69, 9.17) is 14.6 Å². The van der Waals surface area contributed by atoms with Gasteiger partial charge in [-0.3, -0.25) is 10.1 Å². The third kappa shape index (κ3) is 4.37. The molecule has 3 aromatic carbocycles. The fraction of sp³-hybridized carbons (Fsp3) is 0.100. The first-order valence-electron chi connectivity index (χ1n) is 7.98. The highest BCUT2D eigenvalue weighted by molar-refractivity contribution is 5.50. The van der Waals surface area contributed by atoms with Crippen LogP contribution in [0.5, 0.6) is 17.2 Å². The molecule has 3 rings (SSSR count). The second-order valence-electron chi connectivity index (χ2n) is 5.57. The third-order valence-electron chi connectivity index (χ3n) is 3.70. The van der Waals surface area contributed by atoms with E-state index in [-0.39, 0.29) is 18.0 Å². The van der Waals surface area contributed by atoms with Gasteiger partial charge in [0.2, 0.25) is 5.75 Å². The Labute approximate surface area is 150 Å². The molecule has 6 heteroatoms. The number of hydrogen-bond acceptors (Lipinski definition) is 5. The molecular formula is C20H17NO5. The summed E-state index contributed by atoms with van der Waals surface area (Å²) in [6.07, 6.45) is 0. The van der Waals surface area contributed by atoms with Crippen molar-refractivity contribution in [1.82, 2.24) is 0 Å². The molecule has 0 aliphatic carbocycles. The summed E-state index contributed by atoms with van der Waals surface area (Å²) in [5.41, 5.74) is 1.32. The van der Waals surface area contributed by atoms with Crippen molar-refractivity contribution in [3.63, 3.8) is 0 Å². The maximum absolute atomic E-state index is 11.2. The minimum Gasteiger partial charge on any atom is -0.489 e. The van der Waals surface area contributed by atoms with Gasteiger partial charge >= 0.3 is 5.69 Å². The Balaban J connectivity index is 1.68. The summed E-state index contributed by atoms with van der Waals surface area (Å²) in [6.45, 7) is 0.184. The average Bonchev–Trinajstić information content (AvgIpc) is 2.68. The van der Waals surface area contributed by atoms with Crippen LogP contribution >= 0.6 is 0 Å². The highest BCUT2D eigenvalue weighted by Crippen LogP contribution is 2.33. The summed E-state index contributed by atoms with van der Waals surface area (Å²) >= 11 is 0. The highest BCUT2D eigenvalue weighted by atomic mass is 16.6. The Kier molecular flexibility index (Phi) is 5.46.